The number of aryl methyl sites for hydroxylation is 1. The van der Waals surface area contributed by atoms with Crippen LogP contribution in [0.5, 0.6) is 0 Å². The van der Waals surface area contributed by atoms with Crippen LogP contribution < -0.4 is 5.32 Å². The molecular formula is C27H33N. The molecule has 0 aromatic heterocycles. The van der Waals surface area contributed by atoms with Crippen LogP contribution in [0.1, 0.15) is 57.1 Å². The molecule has 1 nitrogen and oxygen atoms in total. The minimum absolute atomic E-state index is 0.620. The zero-order chi connectivity index (χ0) is 19.8. The van der Waals surface area contributed by atoms with E-state index in [9.17, 15) is 0 Å². The lowest BCUT2D eigenvalue weighted by atomic mass is 9.83. The SMILES string of the molecule is CCCC/C=C(\Nc1cccc(C)c1)C1=C(c2ccccc2)C[C@H](CC)C=C1. The second-order valence-electron chi connectivity index (χ2n) is 7.74. The first-order valence-corrected chi connectivity index (χ1v) is 10.7. The Hall–Kier alpha value is -2.54. The molecule has 0 fully saturated rings. The number of allylic oxidation sites excluding steroid dienone is 4. The Balaban J connectivity index is 2.03. The third-order valence-electron chi connectivity index (χ3n) is 5.47. The van der Waals surface area contributed by atoms with E-state index in [1.165, 1.54) is 47.2 Å². The molecule has 2 aromatic rings. The smallest absolute Gasteiger partial charge is 0.0420 e. The predicted molar refractivity (Wildman–Crippen MR) is 123 cm³/mol. The van der Waals surface area contributed by atoms with Crippen molar-refractivity contribution in [3.8, 4) is 0 Å². The van der Waals surface area contributed by atoms with Crippen molar-refractivity contribution in [2.45, 2.75) is 52.9 Å². The van der Waals surface area contributed by atoms with Gasteiger partial charge in [-0.3, -0.25) is 0 Å². The molecule has 1 atom stereocenters. The molecule has 1 N–H and O–H groups in total. The second-order valence-corrected chi connectivity index (χ2v) is 7.74. The molecule has 28 heavy (non-hydrogen) atoms. The highest BCUT2D eigenvalue weighted by Gasteiger charge is 2.19. The number of unbranched alkanes of at least 4 members (excludes halogenated alkanes) is 2. The zero-order valence-electron chi connectivity index (χ0n) is 17.5. The minimum Gasteiger partial charge on any atom is -0.355 e. The number of hydrogen-bond acceptors (Lipinski definition) is 1. The topological polar surface area (TPSA) is 12.0 Å². The van der Waals surface area contributed by atoms with E-state index in [4.69, 9.17) is 0 Å². The van der Waals surface area contributed by atoms with Crippen LogP contribution in [0.4, 0.5) is 5.69 Å². The molecular weight excluding hydrogens is 338 g/mol. The molecule has 1 aliphatic rings. The van der Waals surface area contributed by atoms with Gasteiger partial charge in [-0.15, -0.1) is 0 Å². The third kappa shape index (κ3) is 5.25. The van der Waals surface area contributed by atoms with Crippen molar-refractivity contribution < 1.29 is 0 Å². The maximum absolute atomic E-state index is 3.73. The van der Waals surface area contributed by atoms with Crippen LogP contribution in [-0.2, 0) is 0 Å². The highest BCUT2D eigenvalue weighted by molar-refractivity contribution is 5.78. The fraction of sp³-hybridized carbons (Fsp3) is 0.333. The van der Waals surface area contributed by atoms with E-state index in [-0.39, 0.29) is 0 Å². The Morgan fingerprint density at radius 1 is 1.07 bits per heavy atom. The van der Waals surface area contributed by atoms with Crippen molar-refractivity contribution in [3.63, 3.8) is 0 Å². The van der Waals surface area contributed by atoms with Crippen LogP contribution >= 0.6 is 0 Å². The van der Waals surface area contributed by atoms with Gasteiger partial charge in [-0.1, -0.05) is 81.0 Å². The van der Waals surface area contributed by atoms with Gasteiger partial charge in [0.25, 0.3) is 0 Å². The lowest BCUT2D eigenvalue weighted by molar-refractivity contribution is 0.639. The number of anilines is 1. The van der Waals surface area contributed by atoms with E-state index in [0.717, 1.165) is 18.5 Å². The van der Waals surface area contributed by atoms with Crippen LogP contribution in [0.15, 0.2) is 84.1 Å². The summed E-state index contributed by atoms with van der Waals surface area (Å²) in [6.07, 6.45) is 12.9. The summed E-state index contributed by atoms with van der Waals surface area (Å²) in [5, 5.41) is 3.73. The summed E-state index contributed by atoms with van der Waals surface area (Å²) in [4.78, 5) is 0. The molecule has 0 radical (unpaired) electrons. The second kappa shape index (κ2) is 10.1. The first-order chi connectivity index (χ1) is 13.7. The first-order valence-electron chi connectivity index (χ1n) is 10.7. The Morgan fingerprint density at radius 3 is 2.61 bits per heavy atom. The van der Waals surface area contributed by atoms with E-state index in [2.05, 4.69) is 98.9 Å². The Morgan fingerprint density at radius 2 is 1.89 bits per heavy atom. The van der Waals surface area contributed by atoms with Gasteiger partial charge < -0.3 is 5.32 Å². The summed E-state index contributed by atoms with van der Waals surface area (Å²) in [6, 6.07) is 19.5. The molecule has 0 saturated heterocycles. The fourth-order valence-electron chi connectivity index (χ4n) is 3.78. The van der Waals surface area contributed by atoms with Gasteiger partial charge in [0.05, 0.1) is 0 Å². The normalized spacial score (nSPS) is 17.1. The average molecular weight is 372 g/mol. The van der Waals surface area contributed by atoms with Crippen molar-refractivity contribution >= 4 is 11.3 Å². The lowest BCUT2D eigenvalue weighted by Gasteiger charge is -2.25. The van der Waals surface area contributed by atoms with E-state index in [1.807, 2.05) is 0 Å². The Bertz CT molecular complexity index is 855. The number of rotatable bonds is 8. The van der Waals surface area contributed by atoms with Gasteiger partial charge in [-0.25, -0.2) is 0 Å². The molecule has 0 aliphatic heterocycles. The van der Waals surface area contributed by atoms with E-state index in [1.54, 1.807) is 0 Å². The van der Waals surface area contributed by atoms with Gasteiger partial charge in [-0.05, 0) is 67.4 Å². The molecule has 0 heterocycles. The van der Waals surface area contributed by atoms with Gasteiger partial charge in [0.2, 0.25) is 0 Å². The van der Waals surface area contributed by atoms with Gasteiger partial charge in [0.15, 0.2) is 0 Å². The number of hydrogen-bond donors (Lipinski definition) is 1. The van der Waals surface area contributed by atoms with E-state index < -0.39 is 0 Å². The largest absolute Gasteiger partial charge is 0.355 e. The monoisotopic (exact) mass is 371 g/mol. The fourth-order valence-corrected chi connectivity index (χ4v) is 3.78. The zero-order valence-corrected chi connectivity index (χ0v) is 17.5. The molecule has 146 valence electrons. The van der Waals surface area contributed by atoms with Crippen LogP contribution in [0.2, 0.25) is 0 Å². The molecule has 0 spiro atoms. The van der Waals surface area contributed by atoms with Crippen LogP contribution in [0.25, 0.3) is 5.57 Å². The molecule has 0 saturated carbocycles. The van der Waals surface area contributed by atoms with Crippen molar-refractivity contribution in [1.82, 2.24) is 0 Å². The first kappa shape index (κ1) is 20.2. The van der Waals surface area contributed by atoms with E-state index >= 15 is 0 Å². The summed E-state index contributed by atoms with van der Waals surface area (Å²) in [5.74, 6) is 0.620. The van der Waals surface area contributed by atoms with Gasteiger partial charge in [-0.2, -0.15) is 0 Å². The highest BCUT2D eigenvalue weighted by Crippen LogP contribution is 2.36. The van der Waals surface area contributed by atoms with Crippen LogP contribution in [0, 0.1) is 12.8 Å². The molecule has 0 unspecified atom stereocenters. The summed E-state index contributed by atoms with van der Waals surface area (Å²) < 4.78 is 0. The van der Waals surface area contributed by atoms with Crippen LogP contribution in [-0.4, -0.2) is 0 Å². The Labute approximate surface area is 170 Å². The summed E-state index contributed by atoms with van der Waals surface area (Å²) in [5.41, 5.74) is 7.82. The van der Waals surface area contributed by atoms with Crippen molar-refractivity contribution in [2.75, 3.05) is 5.32 Å². The minimum atomic E-state index is 0.620. The van der Waals surface area contributed by atoms with Crippen molar-refractivity contribution in [2.24, 2.45) is 5.92 Å². The van der Waals surface area contributed by atoms with Gasteiger partial charge in [0, 0.05) is 17.0 Å². The summed E-state index contributed by atoms with van der Waals surface area (Å²) >= 11 is 0. The van der Waals surface area contributed by atoms with E-state index in [0.29, 0.717) is 5.92 Å². The van der Waals surface area contributed by atoms with Gasteiger partial charge in [0.1, 0.15) is 0 Å². The summed E-state index contributed by atoms with van der Waals surface area (Å²) in [6.45, 7) is 6.68. The average Bonchev–Trinajstić information content (AvgIpc) is 2.73. The Kier molecular flexibility index (Phi) is 7.31. The maximum atomic E-state index is 3.73. The van der Waals surface area contributed by atoms with Gasteiger partial charge >= 0.3 is 0 Å². The number of nitrogens with one attached hydrogen (secondary N) is 1. The summed E-state index contributed by atoms with van der Waals surface area (Å²) in [7, 11) is 0. The van der Waals surface area contributed by atoms with Crippen LogP contribution in [0.3, 0.4) is 0 Å². The van der Waals surface area contributed by atoms with Crippen molar-refractivity contribution in [1.29, 1.82) is 0 Å². The molecule has 1 heteroatoms. The highest BCUT2D eigenvalue weighted by atomic mass is 14.9. The maximum Gasteiger partial charge on any atom is 0.0420 e. The third-order valence-corrected chi connectivity index (χ3v) is 5.47. The standard InChI is InChI=1S/C27H33N/c1-4-6-8-16-27(28-24-15-11-12-21(3)19-24)25-18-17-22(5-2)20-26(25)23-13-9-7-10-14-23/h7,9-19,22,28H,4-6,8,20H2,1-3H3/b27-16-/t22-/m1/s1. The molecule has 0 bridgehead atoms. The molecule has 2 aromatic carbocycles. The molecule has 3 rings (SSSR count). The molecule has 1 aliphatic carbocycles. The quantitative estimate of drug-likeness (QED) is 0.465. The van der Waals surface area contributed by atoms with Crippen molar-refractivity contribution in [3.05, 3.63) is 95.2 Å². The molecule has 0 amide bonds. The lowest BCUT2D eigenvalue weighted by Crippen LogP contribution is -2.10. The predicted octanol–water partition coefficient (Wildman–Crippen LogP) is 7.92. The number of benzene rings is 2.